The lowest BCUT2D eigenvalue weighted by atomic mass is 9.94. The van der Waals surface area contributed by atoms with Crippen LogP contribution in [-0.4, -0.2) is 27.6 Å². The van der Waals surface area contributed by atoms with E-state index < -0.39 is 8.07 Å². The van der Waals surface area contributed by atoms with E-state index in [0.717, 1.165) is 88.6 Å². The minimum atomic E-state index is -3.45. The molecule has 0 saturated carbocycles. The van der Waals surface area contributed by atoms with Gasteiger partial charge in [-0.3, -0.25) is 15.0 Å². The topological polar surface area (TPSA) is 50.1 Å². The maximum atomic E-state index is 5.01. The largest absolute Gasteiger partial charge is 0.310 e. The molecule has 0 N–H and O–H groups in total. The minimum absolute atomic E-state index is 1.04. The van der Waals surface area contributed by atoms with Crippen molar-refractivity contribution in [2.24, 2.45) is 0 Å². The van der Waals surface area contributed by atoms with E-state index in [1.54, 1.807) is 0 Å². The van der Waals surface area contributed by atoms with Gasteiger partial charge >= 0.3 is 0 Å². The van der Waals surface area contributed by atoms with Crippen molar-refractivity contribution in [1.29, 1.82) is 0 Å². The lowest BCUT2D eigenvalue weighted by Gasteiger charge is -2.47. The number of nitrogens with zero attached hydrogens (tertiary/aromatic N) is 6. The minimum Gasteiger partial charge on any atom is -0.310 e. The Balaban J connectivity index is 1.06. The number of aryl methyl sites for hydroxylation is 1. The molecule has 0 aliphatic carbocycles. The Labute approximate surface area is 469 Å². The number of pyridine rings is 3. The first kappa shape index (κ1) is 46.6. The first-order valence-corrected chi connectivity index (χ1v) is 29.6. The van der Waals surface area contributed by atoms with E-state index in [-0.39, 0.29) is 0 Å². The van der Waals surface area contributed by atoms with Crippen molar-refractivity contribution >= 4 is 128 Å². The Bertz CT molecular complexity index is 4830. The molecule has 16 rings (SSSR count). The molecule has 0 saturated heterocycles. The Morgan fingerprint density at radius 1 is 0.333 bits per heavy atom. The maximum Gasteiger partial charge on any atom is 0.185 e. The third-order valence-corrected chi connectivity index (χ3v) is 21.7. The molecule has 81 heavy (non-hydrogen) atoms. The summed E-state index contributed by atoms with van der Waals surface area (Å²) in [5.74, 6) is 0. The summed E-state index contributed by atoms with van der Waals surface area (Å²) in [5, 5.41) is 16.7. The Hall–Kier alpha value is -10.5. The number of anilines is 6. The van der Waals surface area contributed by atoms with E-state index in [0.29, 0.717) is 0 Å². The molecular weight excluding hydrogens is 1000 g/mol. The summed E-state index contributed by atoms with van der Waals surface area (Å²) >= 11 is 0. The summed E-state index contributed by atoms with van der Waals surface area (Å²) in [7, 11) is -3.45. The number of hydrogen-bond acceptors (Lipinski definition) is 5. The van der Waals surface area contributed by atoms with Crippen LogP contribution in [0.15, 0.2) is 286 Å². The van der Waals surface area contributed by atoms with Gasteiger partial charge in [0.2, 0.25) is 0 Å². The maximum absolute atomic E-state index is 5.01. The SMILES string of the molecule is Cc1cc(-c2ccc3c4c(c5ccncc5c3c2)[Si](c2ccccc2)(c2ccccc2)c2c(c3ccncc3c3cnccc23)N4c2cccc(N(c3ccccc3)c3ccccc3)c2)cc(-n2c3ccccc3c3ccccc32)c1. The predicted octanol–water partition coefficient (Wildman–Crippen LogP) is 16.2. The van der Waals surface area contributed by atoms with Crippen molar-refractivity contribution in [3.8, 4) is 16.8 Å². The molecule has 0 atom stereocenters. The highest BCUT2D eigenvalue weighted by Gasteiger charge is 2.52. The van der Waals surface area contributed by atoms with Crippen molar-refractivity contribution in [2.45, 2.75) is 6.92 Å². The standard InChI is InChI=1S/C74H50N6Si/c1-49-41-51(43-56(42-49)79-69-31-16-14-29-59(69)60-30-15-17-32-70(60)79)50-33-34-61-65(44-50)67-47-76-39-36-63(67)73-71(61)80(55-24-18-23-54(45-55)78(52-19-6-2-7-20-52)53-21-8-3-9-22-53)72-62-35-38-75-46-66(62)68-48-77-40-37-64(68)74(72)81(73,57-25-10-4-11-26-57)58-27-12-5-13-28-58/h2-48H,1H3. The number of hydrogen-bond donors (Lipinski definition) is 0. The lowest BCUT2D eigenvalue weighted by Crippen LogP contribution is -2.77. The van der Waals surface area contributed by atoms with Crippen LogP contribution in [0.4, 0.5) is 34.1 Å². The molecule has 0 spiro atoms. The van der Waals surface area contributed by atoms with Crippen molar-refractivity contribution < 1.29 is 0 Å². The fraction of sp³-hybridized carbons (Fsp3) is 0.0135. The van der Waals surface area contributed by atoms with Crippen LogP contribution in [0.2, 0.25) is 0 Å². The number of aromatic nitrogens is 4. The van der Waals surface area contributed by atoms with Gasteiger partial charge in [-0.1, -0.05) is 158 Å². The second-order valence-electron chi connectivity index (χ2n) is 21.2. The van der Waals surface area contributed by atoms with Crippen LogP contribution in [0, 0.1) is 6.92 Å². The Kier molecular flexibility index (Phi) is 10.7. The highest BCUT2D eigenvalue weighted by Crippen LogP contribution is 2.50. The zero-order valence-electron chi connectivity index (χ0n) is 44.3. The van der Waals surface area contributed by atoms with E-state index >= 15 is 0 Å². The average Bonchev–Trinajstić information content (AvgIpc) is 2.42. The third-order valence-electron chi connectivity index (χ3n) is 16.8. The zero-order chi connectivity index (χ0) is 53.6. The van der Waals surface area contributed by atoms with Gasteiger partial charge in [-0.15, -0.1) is 0 Å². The molecule has 11 aromatic carbocycles. The molecule has 0 unspecified atom stereocenters. The molecule has 0 amide bonds. The van der Waals surface area contributed by atoms with E-state index in [2.05, 4.69) is 282 Å². The summed E-state index contributed by atoms with van der Waals surface area (Å²) in [4.78, 5) is 19.7. The fourth-order valence-electron chi connectivity index (χ4n) is 13.6. The van der Waals surface area contributed by atoms with Gasteiger partial charge < -0.3 is 14.4 Å². The van der Waals surface area contributed by atoms with E-state index in [1.807, 2.05) is 24.8 Å². The molecule has 380 valence electrons. The highest BCUT2D eigenvalue weighted by molar-refractivity contribution is 7.23. The molecule has 15 aromatic rings. The van der Waals surface area contributed by atoms with Crippen LogP contribution in [-0.2, 0) is 0 Å². The summed E-state index contributed by atoms with van der Waals surface area (Å²) in [6, 6.07) is 91.8. The molecule has 1 aliphatic rings. The first-order chi connectivity index (χ1) is 40.1. The van der Waals surface area contributed by atoms with Gasteiger partial charge in [-0.25, -0.2) is 0 Å². The molecule has 6 nitrogen and oxygen atoms in total. The molecule has 4 aromatic heterocycles. The average molecular weight is 1050 g/mol. The zero-order valence-corrected chi connectivity index (χ0v) is 45.3. The van der Waals surface area contributed by atoms with Crippen molar-refractivity contribution in [2.75, 3.05) is 9.80 Å². The van der Waals surface area contributed by atoms with Gasteiger partial charge in [0.25, 0.3) is 0 Å². The third kappa shape index (κ3) is 7.09. The van der Waals surface area contributed by atoms with E-state index in [4.69, 9.17) is 15.0 Å². The lowest BCUT2D eigenvalue weighted by molar-refractivity contribution is 1.17. The Morgan fingerprint density at radius 2 is 0.815 bits per heavy atom. The fourth-order valence-corrected chi connectivity index (χ4v) is 19.2. The molecule has 0 fully saturated rings. The first-order valence-electron chi connectivity index (χ1n) is 27.6. The Morgan fingerprint density at radius 3 is 1.40 bits per heavy atom. The number of benzene rings is 11. The second kappa shape index (κ2) is 18.6. The number of rotatable bonds is 8. The number of fused-ring (bicyclic) bond motifs is 15. The van der Waals surface area contributed by atoms with Crippen LogP contribution >= 0.6 is 0 Å². The smallest absolute Gasteiger partial charge is 0.185 e. The second-order valence-corrected chi connectivity index (χ2v) is 24.9. The summed E-state index contributed by atoms with van der Waals surface area (Å²) in [6.07, 6.45) is 12.1. The van der Waals surface area contributed by atoms with Crippen molar-refractivity contribution in [1.82, 2.24) is 19.5 Å². The van der Waals surface area contributed by atoms with Gasteiger partial charge in [0, 0.05) is 103 Å². The van der Waals surface area contributed by atoms with Crippen LogP contribution in [0.25, 0.3) is 81.7 Å². The predicted molar refractivity (Wildman–Crippen MR) is 341 cm³/mol. The van der Waals surface area contributed by atoms with Crippen LogP contribution in [0.3, 0.4) is 0 Å². The molecular formula is C74H50N6Si. The van der Waals surface area contributed by atoms with Gasteiger partial charge in [0.15, 0.2) is 8.07 Å². The molecule has 0 radical (unpaired) electrons. The van der Waals surface area contributed by atoms with Crippen LogP contribution < -0.4 is 30.5 Å². The van der Waals surface area contributed by atoms with Gasteiger partial charge in [-0.05, 0) is 152 Å². The summed E-state index contributed by atoms with van der Waals surface area (Å²) < 4.78 is 2.43. The van der Waals surface area contributed by atoms with E-state index in [9.17, 15) is 0 Å². The summed E-state index contributed by atoms with van der Waals surface area (Å²) in [6.45, 7) is 2.22. The van der Waals surface area contributed by atoms with Gasteiger partial charge in [0.05, 0.1) is 22.4 Å². The molecule has 1 aliphatic heterocycles. The summed E-state index contributed by atoms with van der Waals surface area (Å²) in [5.41, 5.74) is 13.5. The van der Waals surface area contributed by atoms with Gasteiger partial charge in [-0.2, -0.15) is 0 Å². The molecule has 0 bridgehead atoms. The molecule has 7 heteroatoms. The monoisotopic (exact) mass is 1050 g/mol. The van der Waals surface area contributed by atoms with Crippen molar-refractivity contribution in [3.05, 3.63) is 291 Å². The quantitative estimate of drug-likeness (QED) is 0.112. The highest BCUT2D eigenvalue weighted by atomic mass is 28.3. The normalized spacial score (nSPS) is 12.8. The molecule has 5 heterocycles. The number of para-hydroxylation sites is 4. The van der Waals surface area contributed by atoms with E-state index in [1.165, 1.54) is 53.5 Å². The van der Waals surface area contributed by atoms with Crippen molar-refractivity contribution in [3.63, 3.8) is 0 Å². The van der Waals surface area contributed by atoms with Crippen LogP contribution in [0.1, 0.15) is 5.56 Å². The van der Waals surface area contributed by atoms with Gasteiger partial charge in [0.1, 0.15) is 0 Å². The van der Waals surface area contributed by atoms with Crippen LogP contribution in [0.5, 0.6) is 0 Å².